The Hall–Kier alpha value is -2.63. The van der Waals surface area contributed by atoms with Crippen molar-refractivity contribution in [3.63, 3.8) is 0 Å². The van der Waals surface area contributed by atoms with Gasteiger partial charge in [-0.1, -0.05) is 11.3 Å². The van der Waals surface area contributed by atoms with Crippen LogP contribution in [0, 0.1) is 47.1 Å². The van der Waals surface area contributed by atoms with E-state index in [4.69, 9.17) is 0 Å². The van der Waals surface area contributed by atoms with Gasteiger partial charge in [0, 0.05) is 40.4 Å². The van der Waals surface area contributed by atoms with Crippen LogP contribution in [0.25, 0.3) is 21.8 Å². The molecule has 2 aromatic heterocycles. The first-order valence-electron chi connectivity index (χ1n) is 18.9. The van der Waals surface area contributed by atoms with Crippen LogP contribution in [0.2, 0.25) is 0 Å². The van der Waals surface area contributed by atoms with E-state index >= 15 is 0 Å². The Labute approximate surface area is 313 Å². The maximum atomic E-state index is 13.8. The molecule has 6 unspecified atom stereocenters. The van der Waals surface area contributed by atoms with Crippen LogP contribution >= 0.6 is 0 Å². The lowest BCUT2D eigenvalue weighted by Gasteiger charge is -2.29. The Kier molecular flexibility index (Phi) is 10.5. The van der Waals surface area contributed by atoms with Crippen molar-refractivity contribution in [3.05, 3.63) is 83.7 Å². The zero-order valence-corrected chi connectivity index (χ0v) is 32.9. The summed E-state index contributed by atoms with van der Waals surface area (Å²) in [6, 6.07) is 14.1. The predicted octanol–water partition coefficient (Wildman–Crippen LogP) is 9.59. The van der Waals surface area contributed by atoms with Crippen molar-refractivity contribution in [3.8, 4) is 0 Å². The number of rotatable bonds is 8. The average molecular weight is 747 g/mol. The standard InChI is InChI=1S/C22H29FN2OS.C20H23FN2OS/c1-5-19(25-27(26)22(2,3)4)21-17-10-13(11-18(17)21)15-8-9-24-20-7-6-14(23)12-16(15)20;1-20(2,3)25(24)23-11-18-15-8-12(9-16(15)18)14-6-7-22-19-5-4-13(21)10-17(14)19/h6-9,12-13,17-19,21,25H,5,10-11H2,1-4H3;4-7,10-12,15-16,18H,8-9H2,1-3H3/t13?,17-,18+,19-,21?,27?;12?,15-,16+,18?,25?/m1./s1. The number of nitrogens with one attached hydrogen (secondary N) is 1. The smallest absolute Gasteiger partial charge is 0.144 e. The number of aromatic nitrogens is 2. The van der Waals surface area contributed by atoms with Gasteiger partial charge in [0.2, 0.25) is 0 Å². The second-order valence-electron chi connectivity index (χ2n) is 17.4. The highest BCUT2D eigenvalue weighted by atomic mass is 32.2. The number of benzene rings is 2. The fourth-order valence-corrected chi connectivity index (χ4v) is 10.7. The number of nitrogens with zero attached hydrogens (tertiary/aromatic N) is 3. The minimum Gasteiger partial charge on any atom is -0.598 e. The molecule has 4 aromatic rings. The molecule has 2 aromatic carbocycles. The van der Waals surface area contributed by atoms with Crippen LogP contribution in [0.3, 0.4) is 0 Å². The van der Waals surface area contributed by atoms with E-state index in [1.807, 2.05) is 66.2 Å². The molecule has 52 heavy (non-hydrogen) atoms. The molecule has 0 spiro atoms. The molecule has 278 valence electrons. The van der Waals surface area contributed by atoms with Crippen LogP contribution in [0.15, 0.2) is 65.3 Å². The van der Waals surface area contributed by atoms with Crippen molar-refractivity contribution < 1.29 is 17.9 Å². The minimum atomic E-state index is -1.17. The van der Waals surface area contributed by atoms with E-state index in [2.05, 4.69) is 32.1 Å². The molecule has 4 aliphatic carbocycles. The van der Waals surface area contributed by atoms with E-state index in [0.29, 0.717) is 53.4 Å². The molecule has 0 radical (unpaired) electrons. The van der Waals surface area contributed by atoms with E-state index in [-0.39, 0.29) is 21.1 Å². The Morgan fingerprint density at radius 3 is 1.69 bits per heavy atom. The molecule has 11 atom stereocenters. The highest BCUT2D eigenvalue weighted by Gasteiger charge is 2.59. The highest BCUT2D eigenvalue weighted by Crippen LogP contribution is 2.64. The highest BCUT2D eigenvalue weighted by molar-refractivity contribution is 7.91. The molecule has 2 heterocycles. The fraction of sp³-hybridized carbons (Fsp3) is 0.548. The van der Waals surface area contributed by atoms with Crippen LogP contribution < -0.4 is 4.72 Å². The number of pyridine rings is 2. The number of hydrogen-bond donors (Lipinski definition) is 1. The summed E-state index contributed by atoms with van der Waals surface area (Å²) in [6.45, 7) is 14.1. The molecular formula is C42H52F2N4O2S2. The molecule has 4 saturated carbocycles. The Morgan fingerprint density at radius 1 is 0.769 bits per heavy atom. The number of fused-ring (bicyclic) bond motifs is 4. The molecular weight excluding hydrogens is 695 g/mol. The summed E-state index contributed by atoms with van der Waals surface area (Å²) in [5.41, 5.74) is 4.19. The van der Waals surface area contributed by atoms with E-state index in [1.54, 1.807) is 24.3 Å². The van der Waals surface area contributed by atoms with Gasteiger partial charge in [-0.2, -0.15) is 0 Å². The second kappa shape index (κ2) is 14.5. The third kappa shape index (κ3) is 7.79. The van der Waals surface area contributed by atoms with Crippen molar-refractivity contribution in [2.75, 3.05) is 0 Å². The summed E-state index contributed by atoms with van der Waals surface area (Å²) in [5, 5.41) is 1.90. The van der Waals surface area contributed by atoms with Gasteiger partial charge in [-0.25, -0.2) is 8.78 Å². The van der Waals surface area contributed by atoms with Crippen LogP contribution in [-0.2, 0) is 22.7 Å². The quantitative estimate of drug-likeness (QED) is 0.143. The molecule has 1 N–H and O–H groups in total. The Balaban J connectivity index is 0.000000162. The lowest BCUT2D eigenvalue weighted by Crippen LogP contribution is -2.46. The minimum absolute atomic E-state index is 0.197. The zero-order chi connectivity index (χ0) is 37.1. The molecule has 4 fully saturated rings. The van der Waals surface area contributed by atoms with Crippen LogP contribution in [0.4, 0.5) is 8.78 Å². The predicted molar refractivity (Wildman–Crippen MR) is 210 cm³/mol. The SMILES string of the molecule is CC(C)(C)[S+]([O-])N=CC1[C@H]2CC(c3ccnc4ccc(F)cc34)C[C@@H]12.CC[C@@H](N[S+]([O-])C(C)(C)C)C1[C@H]2CC(c3ccnc4ccc(F)cc34)C[C@@H]12. The number of halogens is 2. The molecule has 0 aliphatic heterocycles. The number of hydrogen-bond acceptors (Lipinski definition) is 6. The third-order valence-electron chi connectivity index (χ3n) is 11.9. The molecule has 0 amide bonds. The van der Waals surface area contributed by atoms with E-state index in [0.717, 1.165) is 53.9 Å². The summed E-state index contributed by atoms with van der Waals surface area (Å²) in [4.78, 5) is 8.74. The summed E-state index contributed by atoms with van der Waals surface area (Å²) >= 11 is -2.19. The lowest BCUT2D eigenvalue weighted by atomic mass is 9.88. The van der Waals surface area contributed by atoms with Gasteiger partial charge < -0.3 is 9.11 Å². The van der Waals surface area contributed by atoms with Gasteiger partial charge in [0.1, 0.15) is 32.5 Å². The second-order valence-corrected chi connectivity index (χ2v) is 21.3. The van der Waals surface area contributed by atoms with Crippen LogP contribution in [-0.4, -0.2) is 40.8 Å². The van der Waals surface area contributed by atoms with Gasteiger partial charge in [0.25, 0.3) is 0 Å². The molecule has 8 rings (SSSR count). The summed E-state index contributed by atoms with van der Waals surface area (Å²) in [6.07, 6.45) is 11.1. The molecule has 0 saturated heterocycles. The van der Waals surface area contributed by atoms with Crippen molar-refractivity contribution in [2.45, 2.75) is 108 Å². The van der Waals surface area contributed by atoms with Crippen molar-refractivity contribution in [1.82, 2.24) is 14.7 Å². The Morgan fingerprint density at radius 2 is 1.25 bits per heavy atom. The van der Waals surface area contributed by atoms with E-state index in [1.165, 1.54) is 23.3 Å². The first-order chi connectivity index (χ1) is 24.6. The molecule has 0 bridgehead atoms. The van der Waals surface area contributed by atoms with Crippen LogP contribution in [0.5, 0.6) is 0 Å². The normalized spacial score (nSPS) is 29.8. The molecule has 6 nitrogen and oxygen atoms in total. The van der Waals surface area contributed by atoms with E-state index in [9.17, 15) is 17.9 Å². The maximum absolute atomic E-state index is 13.8. The molecule has 10 heteroatoms. The van der Waals surface area contributed by atoms with Gasteiger partial charge >= 0.3 is 0 Å². The molecule has 4 aliphatic rings. The average Bonchev–Trinajstić information content (AvgIpc) is 3.77. The summed E-state index contributed by atoms with van der Waals surface area (Å²) < 4.78 is 59.1. The van der Waals surface area contributed by atoms with Crippen molar-refractivity contribution in [2.24, 2.45) is 39.9 Å². The topological polar surface area (TPSA) is 96.3 Å². The maximum Gasteiger partial charge on any atom is 0.144 e. The zero-order valence-electron chi connectivity index (χ0n) is 31.3. The Bertz CT molecular complexity index is 1920. The lowest BCUT2D eigenvalue weighted by molar-refractivity contribution is 0.418. The van der Waals surface area contributed by atoms with Gasteiger partial charge in [0.15, 0.2) is 0 Å². The van der Waals surface area contributed by atoms with E-state index < -0.39 is 22.7 Å². The summed E-state index contributed by atoms with van der Waals surface area (Å²) in [7, 11) is 0. The van der Waals surface area contributed by atoms with Gasteiger partial charge in [-0.15, -0.1) is 4.72 Å². The largest absolute Gasteiger partial charge is 0.598 e. The van der Waals surface area contributed by atoms with Crippen LogP contribution in [0.1, 0.15) is 104 Å². The van der Waals surface area contributed by atoms with Gasteiger partial charge in [-0.3, -0.25) is 9.97 Å². The monoisotopic (exact) mass is 746 g/mol. The third-order valence-corrected chi connectivity index (χ3v) is 14.9. The van der Waals surface area contributed by atoms with Gasteiger partial charge in [-0.05, 0) is 175 Å². The first kappa shape index (κ1) is 37.7. The summed E-state index contributed by atoms with van der Waals surface area (Å²) in [5.74, 6) is 4.27. The first-order valence-corrected chi connectivity index (χ1v) is 21.1. The fourth-order valence-electron chi connectivity index (χ4n) is 9.13. The van der Waals surface area contributed by atoms with Crippen molar-refractivity contribution in [1.29, 1.82) is 0 Å². The van der Waals surface area contributed by atoms with Gasteiger partial charge in [0.05, 0.1) is 23.3 Å². The van der Waals surface area contributed by atoms with Crippen molar-refractivity contribution >= 4 is 50.7 Å².